The molecule has 0 aromatic carbocycles. The molecular formula is C21H26N4OS. The van der Waals surface area contributed by atoms with E-state index in [0.717, 1.165) is 68.3 Å². The summed E-state index contributed by atoms with van der Waals surface area (Å²) in [6.45, 7) is 7.78. The van der Waals surface area contributed by atoms with Gasteiger partial charge in [0.15, 0.2) is 0 Å². The molecule has 0 bridgehead atoms. The SMILES string of the molecule is CCN1CCN(c2nc(-c3ccc(CCCO)nc3)cc3ccsc23)CC1. The number of anilines is 1. The summed E-state index contributed by atoms with van der Waals surface area (Å²) < 4.78 is 1.27. The minimum Gasteiger partial charge on any atom is -0.396 e. The second-order valence-corrected chi connectivity index (χ2v) is 7.87. The summed E-state index contributed by atoms with van der Waals surface area (Å²) in [7, 11) is 0. The average Bonchev–Trinajstić information content (AvgIpc) is 3.21. The lowest BCUT2D eigenvalue weighted by Crippen LogP contribution is -2.46. The first-order chi connectivity index (χ1) is 13.3. The van der Waals surface area contributed by atoms with Crippen LogP contribution in [0.5, 0.6) is 0 Å². The van der Waals surface area contributed by atoms with E-state index in [4.69, 9.17) is 10.1 Å². The number of nitrogens with zero attached hydrogens (tertiary/aromatic N) is 4. The van der Waals surface area contributed by atoms with Gasteiger partial charge in [0, 0.05) is 50.2 Å². The molecule has 0 aliphatic carbocycles. The Hall–Kier alpha value is -2.02. The van der Waals surface area contributed by atoms with Crippen molar-refractivity contribution < 1.29 is 5.11 Å². The Morgan fingerprint density at radius 2 is 2.00 bits per heavy atom. The maximum atomic E-state index is 8.98. The molecule has 3 aromatic heterocycles. The van der Waals surface area contributed by atoms with Gasteiger partial charge in [-0.25, -0.2) is 4.98 Å². The molecule has 1 aliphatic rings. The van der Waals surface area contributed by atoms with Crippen LogP contribution in [0.3, 0.4) is 0 Å². The fourth-order valence-corrected chi connectivity index (χ4v) is 4.48. The van der Waals surface area contributed by atoms with Crippen LogP contribution in [0, 0.1) is 0 Å². The molecule has 1 N–H and O–H groups in total. The second-order valence-electron chi connectivity index (χ2n) is 6.96. The van der Waals surface area contributed by atoms with E-state index in [1.54, 1.807) is 11.3 Å². The molecule has 1 fully saturated rings. The zero-order valence-corrected chi connectivity index (χ0v) is 16.6. The zero-order valence-electron chi connectivity index (χ0n) is 15.8. The van der Waals surface area contributed by atoms with E-state index in [-0.39, 0.29) is 6.61 Å². The summed E-state index contributed by atoms with van der Waals surface area (Å²) >= 11 is 1.77. The van der Waals surface area contributed by atoms with Crippen LogP contribution in [0.2, 0.25) is 0 Å². The molecule has 5 nitrogen and oxygen atoms in total. The van der Waals surface area contributed by atoms with Crippen molar-refractivity contribution in [3.63, 3.8) is 0 Å². The van der Waals surface area contributed by atoms with Crippen LogP contribution in [0.1, 0.15) is 19.0 Å². The molecular weight excluding hydrogens is 356 g/mol. The van der Waals surface area contributed by atoms with Crippen LogP contribution in [0.4, 0.5) is 5.82 Å². The third kappa shape index (κ3) is 3.98. The van der Waals surface area contributed by atoms with Gasteiger partial charge < -0.3 is 14.9 Å². The van der Waals surface area contributed by atoms with Gasteiger partial charge in [0.05, 0.1) is 10.4 Å². The monoisotopic (exact) mass is 382 g/mol. The molecule has 142 valence electrons. The normalized spacial score (nSPS) is 15.6. The third-order valence-corrected chi connectivity index (χ3v) is 6.17. The van der Waals surface area contributed by atoms with Gasteiger partial charge in [-0.15, -0.1) is 11.3 Å². The smallest absolute Gasteiger partial charge is 0.147 e. The van der Waals surface area contributed by atoms with Crippen molar-refractivity contribution in [3.05, 3.63) is 41.5 Å². The van der Waals surface area contributed by atoms with E-state index in [1.165, 1.54) is 10.1 Å². The van der Waals surface area contributed by atoms with Crippen molar-refractivity contribution in [1.29, 1.82) is 0 Å². The quantitative estimate of drug-likeness (QED) is 0.708. The van der Waals surface area contributed by atoms with Crippen molar-refractivity contribution >= 4 is 27.2 Å². The molecule has 4 heterocycles. The van der Waals surface area contributed by atoms with Crippen LogP contribution in [0.25, 0.3) is 21.3 Å². The first-order valence-electron chi connectivity index (χ1n) is 9.70. The first kappa shape index (κ1) is 18.3. The second kappa shape index (κ2) is 8.33. The number of thiophene rings is 1. The van der Waals surface area contributed by atoms with Crippen LogP contribution in [-0.2, 0) is 6.42 Å². The highest BCUT2D eigenvalue weighted by atomic mass is 32.1. The summed E-state index contributed by atoms with van der Waals surface area (Å²) in [6.07, 6.45) is 3.46. The Kier molecular flexibility index (Phi) is 5.66. The van der Waals surface area contributed by atoms with E-state index in [2.05, 4.69) is 45.3 Å². The Morgan fingerprint density at radius 3 is 2.70 bits per heavy atom. The van der Waals surface area contributed by atoms with E-state index in [0.29, 0.717) is 0 Å². The Labute approximate surface area is 164 Å². The molecule has 0 unspecified atom stereocenters. The lowest BCUT2D eigenvalue weighted by atomic mass is 10.1. The number of hydrogen-bond acceptors (Lipinski definition) is 6. The number of aryl methyl sites for hydroxylation is 1. The lowest BCUT2D eigenvalue weighted by molar-refractivity contribution is 0.271. The summed E-state index contributed by atoms with van der Waals surface area (Å²) in [5.74, 6) is 1.11. The maximum Gasteiger partial charge on any atom is 0.147 e. The number of fused-ring (bicyclic) bond motifs is 1. The summed E-state index contributed by atoms with van der Waals surface area (Å²) in [5, 5.41) is 12.4. The highest BCUT2D eigenvalue weighted by molar-refractivity contribution is 7.17. The van der Waals surface area contributed by atoms with Crippen molar-refractivity contribution in [2.24, 2.45) is 0 Å². The molecule has 1 saturated heterocycles. The van der Waals surface area contributed by atoms with E-state index >= 15 is 0 Å². The zero-order chi connectivity index (χ0) is 18.6. The molecule has 27 heavy (non-hydrogen) atoms. The summed E-state index contributed by atoms with van der Waals surface area (Å²) in [5.41, 5.74) is 3.04. The van der Waals surface area contributed by atoms with Gasteiger partial charge >= 0.3 is 0 Å². The number of hydrogen-bond donors (Lipinski definition) is 1. The maximum absolute atomic E-state index is 8.98. The predicted molar refractivity (Wildman–Crippen MR) is 113 cm³/mol. The van der Waals surface area contributed by atoms with E-state index in [9.17, 15) is 0 Å². The van der Waals surface area contributed by atoms with Crippen LogP contribution in [0.15, 0.2) is 35.8 Å². The van der Waals surface area contributed by atoms with Crippen molar-refractivity contribution in [1.82, 2.24) is 14.9 Å². The third-order valence-electron chi connectivity index (χ3n) is 5.25. The van der Waals surface area contributed by atoms with Gasteiger partial charge in [-0.2, -0.15) is 0 Å². The summed E-state index contributed by atoms with van der Waals surface area (Å²) in [6, 6.07) is 8.49. The standard InChI is InChI=1S/C21H26N4OS/c1-2-24-8-10-25(11-9-24)21-20-16(7-13-27-20)14-19(23-21)17-5-6-18(22-15-17)4-3-12-26/h5-7,13-15,26H,2-4,8-12H2,1H3. The summed E-state index contributed by atoms with van der Waals surface area (Å²) in [4.78, 5) is 14.5. The molecule has 0 amide bonds. The molecule has 3 aromatic rings. The molecule has 4 rings (SSSR count). The van der Waals surface area contributed by atoms with Gasteiger partial charge in [-0.1, -0.05) is 6.92 Å². The molecule has 1 aliphatic heterocycles. The number of likely N-dealkylation sites (N-methyl/N-ethyl adjacent to an activating group) is 1. The number of pyridine rings is 2. The largest absolute Gasteiger partial charge is 0.396 e. The molecule has 0 atom stereocenters. The fraction of sp³-hybridized carbons (Fsp3) is 0.429. The minimum absolute atomic E-state index is 0.203. The van der Waals surface area contributed by atoms with Crippen molar-refractivity contribution in [3.8, 4) is 11.3 Å². The molecule has 0 saturated carbocycles. The van der Waals surface area contributed by atoms with Crippen molar-refractivity contribution in [2.45, 2.75) is 19.8 Å². The van der Waals surface area contributed by atoms with Gasteiger partial charge in [0.1, 0.15) is 5.82 Å². The van der Waals surface area contributed by atoms with Gasteiger partial charge in [0.25, 0.3) is 0 Å². The molecule has 0 radical (unpaired) electrons. The highest BCUT2D eigenvalue weighted by Gasteiger charge is 2.20. The van der Waals surface area contributed by atoms with Gasteiger partial charge in [-0.3, -0.25) is 4.98 Å². The number of piperazine rings is 1. The van der Waals surface area contributed by atoms with Gasteiger partial charge in [0.2, 0.25) is 0 Å². The fourth-order valence-electron chi connectivity index (χ4n) is 3.58. The number of aliphatic hydroxyl groups is 1. The number of rotatable bonds is 6. The van der Waals surface area contributed by atoms with Crippen molar-refractivity contribution in [2.75, 3.05) is 44.2 Å². The molecule has 6 heteroatoms. The minimum atomic E-state index is 0.203. The highest BCUT2D eigenvalue weighted by Crippen LogP contribution is 2.34. The van der Waals surface area contributed by atoms with Gasteiger partial charge in [-0.05, 0) is 54.4 Å². The Balaban J connectivity index is 1.64. The van der Waals surface area contributed by atoms with Crippen LogP contribution in [-0.4, -0.2) is 59.3 Å². The molecule has 0 spiro atoms. The Bertz CT molecular complexity index is 885. The van der Waals surface area contributed by atoms with Crippen LogP contribution >= 0.6 is 11.3 Å². The number of aliphatic hydroxyl groups excluding tert-OH is 1. The Morgan fingerprint density at radius 1 is 1.15 bits per heavy atom. The van der Waals surface area contributed by atoms with E-state index < -0.39 is 0 Å². The predicted octanol–water partition coefficient (Wildman–Crippen LogP) is 3.43. The topological polar surface area (TPSA) is 52.5 Å². The first-order valence-corrected chi connectivity index (χ1v) is 10.6. The lowest BCUT2D eigenvalue weighted by Gasteiger charge is -2.35. The van der Waals surface area contributed by atoms with Crippen LogP contribution < -0.4 is 4.90 Å². The average molecular weight is 383 g/mol. The number of aromatic nitrogens is 2. The van der Waals surface area contributed by atoms with E-state index in [1.807, 2.05) is 12.3 Å².